The maximum atomic E-state index is 11.6. The van der Waals surface area contributed by atoms with Crippen LogP contribution in [0.4, 0.5) is 5.69 Å². The molecular weight excluding hydrogens is 246 g/mol. The Hall–Kier alpha value is -1.73. The predicted octanol–water partition coefficient (Wildman–Crippen LogP) is 0.675. The van der Waals surface area contributed by atoms with Crippen LogP contribution in [0.1, 0.15) is 33.6 Å². The normalized spacial score (nSPS) is 15.8. The number of nitrogens with two attached hydrogens (primary N) is 1. The van der Waals surface area contributed by atoms with Gasteiger partial charge < -0.3 is 5.73 Å². The first kappa shape index (κ1) is 11.7. The Bertz CT molecular complexity index is 632. The molecule has 0 atom stereocenters. The Morgan fingerprint density at radius 2 is 1.71 bits per heavy atom. The van der Waals surface area contributed by atoms with Gasteiger partial charge in [-0.2, -0.15) is 8.42 Å². The van der Waals surface area contributed by atoms with Gasteiger partial charge in [-0.25, -0.2) is 0 Å². The van der Waals surface area contributed by atoms with Crippen molar-refractivity contribution < 1.29 is 22.6 Å². The number of Topliss-reactive ketones (excluding diaryl/α,β-unsaturated/α-hetero) is 2. The van der Waals surface area contributed by atoms with Crippen molar-refractivity contribution >= 4 is 27.4 Å². The number of anilines is 1. The van der Waals surface area contributed by atoms with E-state index in [1.807, 2.05) is 0 Å². The lowest BCUT2D eigenvalue weighted by molar-refractivity contribution is 0.0891. The molecule has 0 bridgehead atoms. The predicted molar refractivity (Wildman–Crippen MR) is 58.6 cm³/mol. The third-order valence-electron chi connectivity index (χ3n) is 2.64. The lowest BCUT2D eigenvalue weighted by atomic mass is 9.88. The Morgan fingerprint density at radius 1 is 1.12 bits per heavy atom. The first-order valence-corrected chi connectivity index (χ1v) is 6.22. The van der Waals surface area contributed by atoms with Crippen LogP contribution in [0.3, 0.4) is 0 Å². The molecule has 0 spiro atoms. The quantitative estimate of drug-likeness (QED) is 0.563. The van der Waals surface area contributed by atoms with Crippen LogP contribution in [0.15, 0.2) is 17.0 Å². The highest BCUT2D eigenvalue weighted by atomic mass is 32.2. The van der Waals surface area contributed by atoms with Crippen LogP contribution in [-0.4, -0.2) is 24.5 Å². The molecule has 3 N–H and O–H groups in total. The summed E-state index contributed by atoms with van der Waals surface area (Å²) in [5.74, 6) is -0.643. The molecule has 6 nitrogen and oxygen atoms in total. The van der Waals surface area contributed by atoms with Crippen LogP contribution < -0.4 is 5.73 Å². The van der Waals surface area contributed by atoms with Gasteiger partial charge in [0.1, 0.15) is 4.90 Å². The van der Waals surface area contributed by atoms with E-state index in [2.05, 4.69) is 0 Å². The van der Waals surface area contributed by atoms with Crippen molar-refractivity contribution in [2.24, 2.45) is 0 Å². The molecule has 1 aliphatic carbocycles. The molecule has 0 radical (unpaired) electrons. The number of hydrogen-bond donors (Lipinski definition) is 2. The standard InChI is InChI=1S/C10H9NO5S/c11-10-8(17(14,15)16)4-1-5-6(12)2-3-7(13)9(5)10/h1,4H,2-3,11H2,(H,14,15,16). The van der Waals surface area contributed by atoms with E-state index in [4.69, 9.17) is 10.3 Å². The minimum Gasteiger partial charge on any atom is -0.397 e. The molecule has 0 unspecified atom stereocenters. The molecule has 17 heavy (non-hydrogen) atoms. The molecule has 1 aromatic carbocycles. The molecule has 1 aromatic rings. The number of carbonyl (C=O) groups excluding carboxylic acids is 2. The van der Waals surface area contributed by atoms with E-state index < -0.39 is 15.0 Å². The number of fused-ring (bicyclic) bond motifs is 1. The average Bonchev–Trinajstić information content (AvgIpc) is 2.21. The summed E-state index contributed by atoms with van der Waals surface area (Å²) >= 11 is 0. The van der Waals surface area contributed by atoms with E-state index in [0.29, 0.717) is 0 Å². The van der Waals surface area contributed by atoms with Crippen molar-refractivity contribution in [3.63, 3.8) is 0 Å². The molecule has 1 aliphatic rings. The van der Waals surface area contributed by atoms with Crippen LogP contribution >= 0.6 is 0 Å². The second kappa shape index (κ2) is 3.64. The molecule has 0 aliphatic heterocycles. The summed E-state index contributed by atoms with van der Waals surface area (Å²) in [5.41, 5.74) is 5.19. The lowest BCUT2D eigenvalue weighted by Gasteiger charge is -2.16. The van der Waals surface area contributed by atoms with Crippen LogP contribution in [0, 0.1) is 0 Å². The molecule has 0 amide bonds. The number of carbonyl (C=O) groups is 2. The third kappa shape index (κ3) is 1.83. The molecule has 0 saturated carbocycles. The van der Waals surface area contributed by atoms with E-state index in [1.165, 1.54) is 6.07 Å². The average molecular weight is 255 g/mol. The van der Waals surface area contributed by atoms with Gasteiger partial charge in [-0.3, -0.25) is 14.1 Å². The topological polar surface area (TPSA) is 115 Å². The van der Waals surface area contributed by atoms with Gasteiger partial charge >= 0.3 is 0 Å². The molecular formula is C10H9NO5S. The maximum Gasteiger partial charge on any atom is 0.296 e. The summed E-state index contributed by atoms with van der Waals surface area (Å²) in [6.07, 6.45) is 0.0987. The summed E-state index contributed by atoms with van der Waals surface area (Å²) < 4.78 is 30.9. The van der Waals surface area contributed by atoms with Crippen molar-refractivity contribution in [3.8, 4) is 0 Å². The first-order valence-electron chi connectivity index (χ1n) is 4.78. The highest BCUT2D eigenvalue weighted by Crippen LogP contribution is 2.31. The van der Waals surface area contributed by atoms with Crippen molar-refractivity contribution in [2.75, 3.05) is 5.73 Å². The Balaban J connectivity index is 2.79. The molecule has 0 aromatic heterocycles. The van der Waals surface area contributed by atoms with Crippen LogP contribution in [0.25, 0.3) is 0 Å². The van der Waals surface area contributed by atoms with Gasteiger partial charge in [-0.15, -0.1) is 0 Å². The highest BCUT2D eigenvalue weighted by molar-refractivity contribution is 7.86. The molecule has 0 saturated heterocycles. The van der Waals surface area contributed by atoms with Gasteiger partial charge in [0.25, 0.3) is 10.1 Å². The van der Waals surface area contributed by atoms with Crippen molar-refractivity contribution in [3.05, 3.63) is 23.3 Å². The van der Waals surface area contributed by atoms with E-state index in [-0.39, 0.29) is 41.2 Å². The summed E-state index contributed by atoms with van der Waals surface area (Å²) in [4.78, 5) is 22.6. The summed E-state index contributed by atoms with van der Waals surface area (Å²) in [6, 6.07) is 2.23. The number of benzene rings is 1. The van der Waals surface area contributed by atoms with E-state index in [1.54, 1.807) is 0 Å². The van der Waals surface area contributed by atoms with Crippen molar-refractivity contribution in [2.45, 2.75) is 17.7 Å². The zero-order chi connectivity index (χ0) is 12.8. The Kier molecular flexibility index (Phi) is 2.52. The number of nitrogen functional groups attached to an aromatic ring is 1. The smallest absolute Gasteiger partial charge is 0.296 e. The first-order chi connectivity index (χ1) is 7.82. The fourth-order valence-electron chi connectivity index (χ4n) is 1.84. The van der Waals surface area contributed by atoms with Gasteiger partial charge in [0.15, 0.2) is 11.6 Å². The minimum absolute atomic E-state index is 0.00492. The SMILES string of the molecule is Nc1c(S(=O)(=O)O)ccc2c1C(=O)CCC2=O. The summed E-state index contributed by atoms with van der Waals surface area (Å²) in [7, 11) is -4.50. The summed E-state index contributed by atoms with van der Waals surface area (Å²) in [5, 5.41) is 0. The molecule has 0 heterocycles. The minimum atomic E-state index is -4.50. The van der Waals surface area contributed by atoms with Crippen molar-refractivity contribution in [1.29, 1.82) is 0 Å². The van der Waals surface area contributed by atoms with Crippen LogP contribution in [0.5, 0.6) is 0 Å². The highest BCUT2D eigenvalue weighted by Gasteiger charge is 2.29. The number of ketones is 2. The van der Waals surface area contributed by atoms with E-state index >= 15 is 0 Å². The van der Waals surface area contributed by atoms with Crippen molar-refractivity contribution in [1.82, 2.24) is 0 Å². The molecule has 0 fully saturated rings. The molecule has 7 heteroatoms. The van der Waals surface area contributed by atoms with Gasteiger partial charge in [0, 0.05) is 18.4 Å². The Morgan fingerprint density at radius 3 is 2.29 bits per heavy atom. The van der Waals surface area contributed by atoms with Gasteiger partial charge in [0.2, 0.25) is 0 Å². The third-order valence-corrected chi connectivity index (χ3v) is 3.55. The fourth-order valence-corrected chi connectivity index (χ4v) is 2.46. The van der Waals surface area contributed by atoms with E-state index in [0.717, 1.165) is 6.07 Å². The Labute approximate surface area is 97.2 Å². The number of hydrogen-bond acceptors (Lipinski definition) is 5. The zero-order valence-corrected chi connectivity index (χ0v) is 9.45. The monoisotopic (exact) mass is 255 g/mol. The lowest BCUT2D eigenvalue weighted by Crippen LogP contribution is -2.20. The van der Waals surface area contributed by atoms with Crippen LogP contribution in [0.2, 0.25) is 0 Å². The van der Waals surface area contributed by atoms with Gasteiger partial charge in [0.05, 0.1) is 11.3 Å². The molecule has 90 valence electrons. The fraction of sp³-hybridized carbons (Fsp3) is 0.200. The molecule has 2 rings (SSSR count). The van der Waals surface area contributed by atoms with Gasteiger partial charge in [-0.05, 0) is 12.1 Å². The van der Waals surface area contributed by atoms with Gasteiger partial charge in [-0.1, -0.05) is 0 Å². The second-order valence-electron chi connectivity index (χ2n) is 3.72. The summed E-state index contributed by atoms with van der Waals surface area (Å²) in [6.45, 7) is 0. The number of rotatable bonds is 1. The maximum absolute atomic E-state index is 11.6. The zero-order valence-electron chi connectivity index (χ0n) is 8.63. The van der Waals surface area contributed by atoms with E-state index in [9.17, 15) is 18.0 Å². The second-order valence-corrected chi connectivity index (χ2v) is 5.11. The van der Waals surface area contributed by atoms with Crippen LogP contribution in [-0.2, 0) is 10.1 Å². The largest absolute Gasteiger partial charge is 0.397 e.